The minimum absolute atomic E-state index is 0.333. The summed E-state index contributed by atoms with van der Waals surface area (Å²) in [5.74, 6) is 0.141. The highest BCUT2D eigenvalue weighted by Gasteiger charge is 2.19. The third kappa shape index (κ3) is 4.73. The van der Waals surface area contributed by atoms with Crippen LogP contribution in [0, 0.1) is 0 Å². The van der Waals surface area contributed by atoms with Crippen molar-refractivity contribution in [1.29, 1.82) is 0 Å². The fourth-order valence-electron chi connectivity index (χ4n) is 1.57. The van der Waals surface area contributed by atoms with Crippen LogP contribution in [0.1, 0.15) is 26.3 Å². The predicted octanol–water partition coefficient (Wildman–Crippen LogP) is 2.78. The lowest BCUT2D eigenvalue weighted by Gasteiger charge is -2.17. The zero-order valence-corrected chi connectivity index (χ0v) is 12.3. The van der Waals surface area contributed by atoms with Crippen LogP contribution in [0.15, 0.2) is 18.2 Å². The molecule has 0 spiro atoms. The molecule has 106 valence electrons. The predicted molar refractivity (Wildman–Crippen MR) is 75.6 cm³/mol. The van der Waals surface area contributed by atoms with Gasteiger partial charge in [-0.15, -0.1) is 0 Å². The summed E-state index contributed by atoms with van der Waals surface area (Å²) in [5.41, 5.74) is 0.922. The largest absolute Gasteiger partial charge is 0.477 e. The summed E-state index contributed by atoms with van der Waals surface area (Å²) in [4.78, 5) is 11.6. The number of carbonyl (C=O) groups excluding carboxylic acids is 1. The van der Waals surface area contributed by atoms with E-state index in [0.717, 1.165) is 12.1 Å². The quantitative estimate of drug-likeness (QED) is 0.783. The smallest absolute Gasteiger partial charge is 0.347 e. The van der Waals surface area contributed by atoms with E-state index in [-0.39, 0.29) is 0 Å². The molecule has 0 aliphatic heterocycles. The van der Waals surface area contributed by atoms with Gasteiger partial charge in [0, 0.05) is 12.1 Å². The number of benzene rings is 1. The van der Waals surface area contributed by atoms with Crippen LogP contribution in [0.2, 0.25) is 5.02 Å². The standard InChI is InChI=1S/C14H20ClNO3/c1-4-16-9-11-7-6-8-12(15)13(11)19-10(3)14(17)18-5-2/h6-8,10,16H,4-5,9H2,1-3H3. The molecule has 1 aromatic rings. The lowest BCUT2D eigenvalue weighted by atomic mass is 10.2. The number of carbonyl (C=O) groups is 1. The fraction of sp³-hybridized carbons (Fsp3) is 0.500. The first-order chi connectivity index (χ1) is 9.10. The number of halogens is 1. The van der Waals surface area contributed by atoms with E-state index in [1.807, 2.05) is 19.1 Å². The zero-order chi connectivity index (χ0) is 14.3. The maximum absolute atomic E-state index is 11.6. The van der Waals surface area contributed by atoms with Gasteiger partial charge in [0.1, 0.15) is 5.75 Å². The average Bonchev–Trinajstić information content (AvgIpc) is 2.39. The normalized spacial score (nSPS) is 12.0. The Bertz CT molecular complexity index is 423. The molecule has 0 saturated carbocycles. The minimum atomic E-state index is -0.680. The van der Waals surface area contributed by atoms with Crippen molar-refractivity contribution in [1.82, 2.24) is 5.32 Å². The van der Waals surface area contributed by atoms with Gasteiger partial charge in [0.15, 0.2) is 6.10 Å². The van der Waals surface area contributed by atoms with Gasteiger partial charge in [-0.1, -0.05) is 30.7 Å². The van der Waals surface area contributed by atoms with Gasteiger partial charge in [-0.25, -0.2) is 4.79 Å². The summed E-state index contributed by atoms with van der Waals surface area (Å²) in [7, 11) is 0. The molecule has 0 bridgehead atoms. The molecule has 1 rings (SSSR count). The van der Waals surface area contributed by atoms with Crippen LogP contribution < -0.4 is 10.1 Å². The van der Waals surface area contributed by atoms with E-state index in [2.05, 4.69) is 5.32 Å². The highest BCUT2D eigenvalue weighted by atomic mass is 35.5. The summed E-state index contributed by atoms with van der Waals surface area (Å²) < 4.78 is 10.6. The van der Waals surface area contributed by atoms with Crippen molar-refractivity contribution < 1.29 is 14.3 Å². The molecule has 0 aliphatic carbocycles. The van der Waals surface area contributed by atoms with Crippen LogP contribution in [0.4, 0.5) is 0 Å². The number of esters is 1. The molecule has 0 amide bonds. The third-order valence-corrected chi connectivity index (χ3v) is 2.82. The highest BCUT2D eigenvalue weighted by Crippen LogP contribution is 2.29. The Morgan fingerprint density at radius 3 is 2.79 bits per heavy atom. The summed E-state index contributed by atoms with van der Waals surface area (Å²) in [6.07, 6.45) is -0.680. The second-order valence-corrected chi connectivity index (χ2v) is 4.43. The topological polar surface area (TPSA) is 47.6 Å². The molecule has 0 saturated heterocycles. The minimum Gasteiger partial charge on any atom is -0.477 e. The van der Waals surface area contributed by atoms with Gasteiger partial charge in [-0.05, 0) is 26.5 Å². The monoisotopic (exact) mass is 285 g/mol. The van der Waals surface area contributed by atoms with Gasteiger partial charge in [0.25, 0.3) is 0 Å². The number of rotatable bonds is 7. The van der Waals surface area contributed by atoms with Crippen LogP contribution in [-0.2, 0) is 16.1 Å². The number of hydrogen-bond donors (Lipinski definition) is 1. The van der Waals surface area contributed by atoms with Crippen molar-refractivity contribution in [3.63, 3.8) is 0 Å². The molecule has 0 aromatic heterocycles. The van der Waals surface area contributed by atoms with Gasteiger partial charge in [0.05, 0.1) is 11.6 Å². The first-order valence-corrected chi connectivity index (χ1v) is 6.79. The van der Waals surface area contributed by atoms with E-state index in [4.69, 9.17) is 21.1 Å². The van der Waals surface area contributed by atoms with Gasteiger partial charge in [0.2, 0.25) is 0 Å². The zero-order valence-electron chi connectivity index (χ0n) is 11.5. The van der Waals surface area contributed by atoms with Crippen molar-refractivity contribution in [2.24, 2.45) is 0 Å². The van der Waals surface area contributed by atoms with Crippen molar-refractivity contribution in [2.45, 2.75) is 33.4 Å². The Labute approximate surface area is 119 Å². The van der Waals surface area contributed by atoms with Crippen LogP contribution in [0.25, 0.3) is 0 Å². The van der Waals surface area contributed by atoms with Crippen LogP contribution >= 0.6 is 11.6 Å². The molecule has 5 heteroatoms. The first kappa shape index (κ1) is 15.8. The maximum Gasteiger partial charge on any atom is 0.347 e. The first-order valence-electron chi connectivity index (χ1n) is 6.41. The lowest BCUT2D eigenvalue weighted by molar-refractivity contribution is -0.150. The summed E-state index contributed by atoms with van der Waals surface area (Å²) in [5, 5.41) is 3.70. The van der Waals surface area contributed by atoms with E-state index in [1.165, 1.54) is 0 Å². The summed E-state index contributed by atoms with van der Waals surface area (Å²) in [6.45, 7) is 7.25. The van der Waals surface area contributed by atoms with E-state index in [9.17, 15) is 4.79 Å². The number of hydrogen-bond acceptors (Lipinski definition) is 4. The van der Waals surface area contributed by atoms with Gasteiger partial charge >= 0.3 is 5.97 Å². The number of para-hydroxylation sites is 1. The Balaban J connectivity index is 2.83. The molecule has 1 aromatic carbocycles. The van der Waals surface area contributed by atoms with Crippen LogP contribution in [0.5, 0.6) is 5.75 Å². The van der Waals surface area contributed by atoms with E-state index in [1.54, 1.807) is 19.9 Å². The maximum atomic E-state index is 11.6. The molecule has 19 heavy (non-hydrogen) atoms. The average molecular weight is 286 g/mol. The van der Waals surface area contributed by atoms with Crippen molar-refractivity contribution in [3.8, 4) is 5.75 Å². The molecule has 1 atom stereocenters. The van der Waals surface area contributed by atoms with Crippen molar-refractivity contribution >= 4 is 17.6 Å². The summed E-state index contributed by atoms with van der Waals surface area (Å²) in [6, 6.07) is 5.52. The van der Waals surface area contributed by atoms with E-state index >= 15 is 0 Å². The number of ether oxygens (including phenoxy) is 2. The van der Waals surface area contributed by atoms with Crippen LogP contribution in [0.3, 0.4) is 0 Å². The van der Waals surface area contributed by atoms with Crippen molar-refractivity contribution in [2.75, 3.05) is 13.2 Å². The van der Waals surface area contributed by atoms with Gasteiger partial charge < -0.3 is 14.8 Å². The molecular formula is C14H20ClNO3. The third-order valence-electron chi connectivity index (χ3n) is 2.53. The molecule has 0 fully saturated rings. The molecule has 0 aliphatic rings. The van der Waals surface area contributed by atoms with Crippen LogP contribution in [-0.4, -0.2) is 25.2 Å². The lowest BCUT2D eigenvalue weighted by Crippen LogP contribution is -2.27. The molecular weight excluding hydrogens is 266 g/mol. The Hall–Kier alpha value is -1.26. The molecule has 0 heterocycles. The molecule has 1 unspecified atom stereocenters. The van der Waals surface area contributed by atoms with E-state index < -0.39 is 12.1 Å². The Morgan fingerprint density at radius 1 is 1.42 bits per heavy atom. The SMILES string of the molecule is CCNCc1cccc(Cl)c1OC(C)C(=O)OCC. The van der Waals surface area contributed by atoms with Gasteiger partial charge in [-0.2, -0.15) is 0 Å². The van der Waals surface area contributed by atoms with Crippen molar-refractivity contribution in [3.05, 3.63) is 28.8 Å². The molecule has 1 N–H and O–H groups in total. The fourth-order valence-corrected chi connectivity index (χ4v) is 1.81. The molecule has 4 nitrogen and oxygen atoms in total. The van der Waals surface area contributed by atoms with Gasteiger partial charge in [-0.3, -0.25) is 0 Å². The Morgan fingerprint density at radius 2 is 2.16 bits per heavy atom. The highest BCUT2D eigenvalue weighted by molar-refractivity contribution is 6.32. The summed E-state index contributed by atoms with van der Waals surface area (Å²) >= 11 is 6.13. The Kier molecular flexibility index (Phi) is 6.67. The number of nitrogens with one attached hydrogen (secondary N) is 1. The van der Waals surface area contributed by atoms with E-state index in [0.29, 0.717) is 23.9 Å². The second kappa shape index (κ2) is 8.02. The second-order valence-electron chi connectivity index (χ2n) is 4.02. The molecule has 0 radical (unpaired) electrons.